The van der Waals surface area contributed by atoms with Crippen LogP contribution in [0.15, 0.2) is 79.1 Å². The largest absolute Gasteiger partial charge is 0.416 e. The third-order valence-electron chi connectivity index (χ3n) is 6.19. The fourth-order valence-corrected chi connectivity index (χ4v) is 4.40. The highest BCUT2D eigenvalue weighted by molar-refractivity contribution is 6.28. The van der Waals surface area contributed by atoms with Gasteiger partial charge in [0.05, 0.1) is 34.5 Å². The maximum Gasteiger partial charge on any atom is 0.416 e. The normalized spacial score (nSPS) is 14.1. The van der Waals surface area contributed by atoms with Crippen molar-refractivity contribution in [2.45, 2.75) is 13.1 Å². The van der Waals surface area contributed by atoms with Crippen LogP contribution >= 0.6 is 0 Å². The molecule has 0 aliphatic carbocycles. The molecule has 0 spiro atoms. The van der Waals surface area contributed by atoms with Crippen molar-refractivity contribution < 1.29 is 27.2 Å². The van der Waals surface area contributed by atoms with Gasteiger partial charge in [0.25, 0.3) is 0 Å². The Morgan fingerprint density at radius 3 is 2.21 bits per heavy atom. The molecule has 0 N–H and O–H groups in total. The monoisotopic (exact) mass is 523 g/mol. The van der Waals surface area contributed by atoms with Gasteiger partial charge in [-0.05, 0) is 55.5 Å². The zero-order chi connectivity index (χ0) is 27.2. The molecule has 0 bridgehead atoms. The number of imide groups is 1. The average Bonchev–Trinajstić information content (AvgIpc) is 3.29. The smallest absolute Gasteiger partial charge is 0.292 e. The molecule has 0 fully saturated rings. The zero-order valence-corrected chi connectivity index (χ0v) is 20.3. The van der Waals surface area contributed by atoms with E-state index in [0.717, 1.165) is 28.0 Å². The number of alkyl halides is 3. The van der Waals surface area contributed by atoms with E-state index in [1.54, 1.807) is 50.5 Å². The highest BCUT2D eigenvalue weighted by Gasteiger charge is 2.41. The van der Waals surface area contributed by atoms with Crippen molar-refractivity contribution in [3.05, 3.63) is 90.5 Å². The molecular weight excluding hydrogens is 502 g/mol. The lowest BCUT2D eigenvalue weighted by atomic mass is 10.1. The topological polar surface area (TPSA) is 61.7 Å². The Bertz CT molecular complexity index is 1530. The van der Waals surface area contributed by atoms with Gasteiger partial charge in [-0.3, -0.25) is 14.5 Å². The Balaban J connectivity index is 1.74. The van der Waals surface area contributed by atoms with E-state index < -0.39 is 29.6 Å². The number of carbonyl (C=O) groups excluding carboxylic acids is 2. The Morgan fingerprint density at radius 2 is 1.58 bits per heavy atom. The van der Waals surface area contributed by atoms with Crippen LogP contribution in [0.25, 0.3) is 11.1 Å². The SMILES string of the molecule is CCN1C(=O)N(c2ccc(F)c(-c3cnn(C)c3)c2)C(=O)N(c2ccccc2)c2cc(C(F)(F)F)ccc21. The summed E-state index contributed by atoms with van der Waals surface area (Å²) in [4.78, 5) is 31.0. The van der Waals surface area contributed by atoms with Gasteiger partial charge < -0.3 is 0 Å². The van der Waals surface area contributed by atoms with Gasteiger partial charge in [-0.2, -0.15) is 18.3 Å². The van der Waals surface area contributed by atoms with Crippen molar-refractivity contribution in [3.8, 4) is 11.1 Å². The fourth-order valence-electron chi connectivity index (χ4n) is 4.40. The number of aromatic nitrogens is 2. The van der Waals surface area contributed by atoms with Crippen LogP contribution in [0.1, 0.15) is 12.5 Å². The Morgan fingerprint density at radius 1 is 0.842 bits per heavy atom. The maximum absolute atomic E-state index is 14.8. The molecule has 0 atom stereocenters. The van der Waals surface area contributed by atoms with E-state index in [2.05, 4.69) is 5.10 Å². The summed E-state index contributed by atoms with van der Waals surface area (Å²) in [5.41, 5.74) is -0.129. The lowest BCUT2D eigenvalue weighted by Crippen LogP contribution is -2.48. The van der Waals surface area contributed by atoms with Gasteiger partial charge in [-0.15, -0.1) is 0 Å². The molecule has 0 saturated heterocycles. The minimum Gasteiger partial charge on any atom is -0.292 e. The second kappa shape index (κ2) is 9.33. The van der Waals surface area contributed by atoms with Crippen LogP contribution in [0.2, 0.25) is 0 Å². The van der Waals surface area contributed by atoms with Crippen molar-refractivity contribution in [2.75, 3.05) is 21.2 Å². The quantitative estimate of drug-likeness (QED) is 0.272. The Hall–Kier alpha value is -4.67. The molecule has 4 aromatic rings. The third-order valence-corrected chi connectivity index (χ3v) is 6.19. The Labute approximate surface area is 215 Å². The number of carbonyl (C=O) groups is 2. The van der Waals surface area contributed by atoms with Crippen molar-refractivity contribution in [3.63, 3.8) is 0 Å². The van der Waals surface area contributed by atoms with Gasteiger partial charge >= 0.3 is 18.2 Å². The standard InChI is InChI=1S/C27H21F4N5O2/c1-3-34-23-12-9-18(27(29,30)31)13-24(23)35(19-7-5-4-6-8-19)26(38)36(25(34)37)20-10-11-22(28)21(14-20)17-15-32-33(2)16-17/h4-16H,3H2,1-2H3. The molecule has 7 nitrogen and oxygen atoms in total. The van der Waals surface area contributed by atoms with Crippen LogP contribution in [0.4, 0.5) is 49.9 Å². The predicted molar refractivity (Wildman–Crippen MR) is 135 cm³/mol. The summed E-state index contributed by atoms with van der Waals surface area (Å²) in [6.45, 7) is 1.70. The number of nitrogens with zero attached hydrogens (tertiary/aromatic N) is 5. The van der Waals surface area contributed by atoms with Gasteiger partial charge in [0.15, 0.2) is 0 Å². The van der Waals surface area contributed by atoms with Gasteiger partial charge in [0, 0.05) is 30.9 Å². The van der Waals surface area contributed by atoms with E-state index in [1.807, 2.05) is 0 Å². The van der Waals surface area contributed by atoms with E-state index in [1.165, 1.54) is 34.0 Å². The first-order chi connectivity index (χ1) is 18.1. The molecule has 11 heteroatoms. The molecule has 0 radical (unpaired) electrons. The summed E-state index contributed by atoms with van der Waals surface area (Å²) in [5.74, 6) is -0.596. The first-order valence-electron chi connectivity index (χ1n) is 11.6. The predicted octanol–water partition coefficient (Wildman–Crippen LogP) is 6.97. The van der Waals surface area contributed by atoms with Crippen LogP contribution in [0.3, 0.4) is 0 Å². The summed E-state index contributed by atoms with van der Waals surface area (Å²) < 4.78 is 57.4. The number of benzene rings is 3. The lowest BCUT2D eigenvalue weighted by molar-refractivity contribution is -0.137. The van der Waals surface area contributed by atoms with Gasteiger partial charge in [-0.25, -0.2) is 18.9 Å². The molecule has 0 unspecified atom stereocenters. The number of amides is 4. The minimum absolute atomic E-state index is 0.0449. The van der Waals surface area contributed by atoms with Gasteiger partial charge in [0.2, 0.25) is 0 Å². The summed E-state index contributed by atoms with van der Waals surface area (Å²) in [7, 11) is 1.66. The molecule has 1 aromatic heterocycles. The number of rotatable bonds is 4. The number of aryl methyl sites for hydroxylation is 1. The second-order valence-electron chi connectivity index (χ2n) is 8.58. The molecule has 194 valence electrons. The molecule has 2 heterocycles. The minimum atomic E-state index is -4.68. The number of halogens is 4. The summed E-state index contributed by atoms with van der Waals surface area (Å²) in [5, 5.41) is 4.05. The molecule has 0 saturated carbocycles. The summed E-state index contributed by atoms with van der Waals surface area (Å²) >= 11 is 0. The van der Waals surface area contributed by atoms with E-state index in [4.69, 9.17) is 0 Å². The Kier molecular flexibility index (Phi) is 6.14. The second-order valence-corrected chi connectivity index (χ2v) is 8.58. The zero-order valence-electron chi connectivity index (χ0n) is 20.3. The van der Waals surface area contributed by atoms with E-state index >= 15 is 0 Å². The summed E-state index contributed by atoms with van der Waals surface area (Å²) in [6, 6.07) is 13.0. The number of hydrogen-bond acceptors (Lipinski definition) is 3. The fraction of sp³-hybridized carbons (Fsp3) is 0.148. The molecule has 4 amide bonds. The van der Waals surface area contributed by atoms with E-state index in [-0.39, 0.29) is 34.9 Å². The molecule has 3 aromatic carbocycles. The number of urea groups is 2. The maximum atomic E-state index is 14.8. The molecule has 1 aliphatic rings. The number of fused-ring (bicyclic) bond motifs is 1. The van der Waals surface area contributed by atoms with Crippen LogP contribution in [0.5, 0.6) is 0 Å². The van der Waals surface area contributed by atoms with Crippen LogP contribution < -0.4 is 14.7 Å². The van der Waals surface area contributed by atoms with Crippen LogP contribution in [0, 0.1) is 5.82 Å². The highest BCUT2D eigenvalue weighted by atomic mass is 19.4. The van der Waals surface area contributed by atoms with Gasteiger partial charge in [0.1, 0.15) is 5.82 Å². The summed E-state index contributed by atoms with van der Waals surface area (Å²) in [6.07, 6.45) is -1.65. The third kappa shape index (κ3) is 4.25. The molecule has 5 rings (SSSR count). The number of hydrogen-bond donors (Lipinski definition) is 0. The van der Waals surface area contributed by atoms with Crippen molar-refractivity contribution in [1.82, 2.24) is 9.78 Å². The van der Waals surface area contributed by atoms with Crippen LogP contribution in [-0.4, -0.2) is 28.4 Å². The molecular formula is C27H21F4N5O2. The van der Waals surface area contributed by atoms with Crippen LogP contribution in [-0.2, 0) is 13.2 Å². The lowest BCUT2D eigenvalue weighted by Gasteiger charge is -2.27. The van der Waals surface area contributed by atoms with Crippen molar-refractivity contribution in [1.29, 1.82) is 0 Å². The van der Waals surface area contributed by atoms with E-state index in [9.17, 15) is 27.2 Å². The highest BCUT2D eigenvalue weighted by Crippen LogP contribution is 2.43. The van der Waals surface area contributed by atoms with Gasteiger partial charge in [-0.1, -0.05) is 18.2 Å². The number of para-hydroxylation sites is 1. The first kappa shape index (κ1) is 25.0. The average molecular weight is 523 g/mol. The van der Waals surface area contributed by atoms with Crippen molar-refractivity contribution >= 4 is 34.8 Å². The number of anilines is 4. The molecule has 1 aliphatic heterocycles. The molecule has 38 heavy (non-hydrogen) atoms. The van der Waals surface area contributed by atoms with E-state index in [0.29, 0.717) is 5.56 Å². The first-order valence-corrected chi connectivity index (χ1v) is 11.6. The van der Waals surface area contributed by atoms with Crippen molar-refractivity contribution in [2.24, 2.45) is 7.05 Å².